The van der Waals surface area contributed by atoms with Gasteiger partial charge in [0.15, 0.2) is 5.82 Å². The number of hydrogen-bond donors (Lipinski definition) is 0. The van der Waals surface area contributed by atoms with Gasteiger partial charge in [-0.1, -0.05) is 53.7 Å². The van der Waals surface area contributed by atoms with Crippen LogP contribution in [0.5, 0.6) is 0 Å². The van der Waals surface area contributed by atoms with E-state index < -0.39 is 10.0 Å². The first-order valence-corrected chi connectivity index (χ1v) is 11.8. The van der Waals surface area contributed by atoms with E-state index >= 15 is 0 Å². The van der Waals surface area contributed by atoms with Crippen molar-refractivity contribution < 1.29 is 12.9 Å². The molecule has 0 radical (unpaired) electrons. The molecule has 0 aliphatic heterocycles. The van der Waals surface area contributed by atoms with Gasteiger partial charge in [0.25, 0.3) is 0 Å². The molecule has 2 aliphatic carbocycles. The number of rotatable bonds is 6. The highest BCUT2D eigenvalue weighted by molar-refractivity contribution is 7.89. The molecule has 4 rings (SSSR count). The fraction of sp³-hybridized carbons (Fsp3) is 0.429. The number of aromatic nitrogens is 2. The highest BCUT2D eigenvalue weighted by Crippen LogP contribution is 2.31. The molecule has 6 nitrogen and oxygen atoms in total. The molecule has 0 atom stereocenters. The Bertz CT molecular complexity index is 992. The van der Waals surface area contributed by atoms with E-state index in [0.717, 1.165) is 49.7 Å². The van der Waals surface area contributed by atoms with Gasteiger partial charge >= 0.3 is 0 Å². The molecular weight excluding hydrogens is 410 g/mol. The molecule has 1 heterocycles. The van der Waals surface area contributed by atoms with E-state index in [1.807, 2.05) is 12.2 Å². The van der Waals surface area contributed by atoms with Gasteiger partial charge in [0.05, 0.1) is 4.90 Å². The summed E-state index contributed by atoms with van der Waals surface area (Å²) in [6, 6.07) is 6.49. The molecule has 2 aromatic rings. The van der Waals surface area contributed by atoms with Crippen LogP contribution in [-0.4, -0.2) is 35.5 Å². The molecule has 8 heteroatoms. The summed E-state index contributed by atoms with van der Waals surface area (Å²) < 4.78 is 33.5. The molecule has 0 spiro atoms. The minimum absolute atomic E-state index is 0.0351. The second-order valence-corrected chi connectivity index (χ2v) is 9.89. The van der Waals surface area contributed by atoms with Crippen LogP contribution in [0.3, 0.4) is 0 Å². The highest BCUT2D eigenvalue weighted by atomic mass is 35.5. The summed E-state index contributed by atoms with van der Waals surface area (Å²) >= 11 is 5.96. The van der Waals surface area contributed by atoms with Gasteiger partial charge in [-0.05, 0) is 49.9 Å². The van der Waals surface area contributed by atoms with Crippen LogP contribution in [0.1, 0.15) is 50.8 Å². The third-order valence-electron chi connectivity index (χ3n) is 5.65. The molecule has 0 N–H and O–H groups in total. The Morgan fingerprint density at radius 3 is 2.45 bits per heavy atom. The van der Waals surface area contributed by atoms with E-state index in [2.05, 4.69) is 10.1 Å². The SMILES string of the molecule is O=S(=O)(c1ccc(Cl)cc1)N(CC1=CC=C(c2ncon2)CC1)C1CCCCC1. The maximum absolute atomic E-state index is 13.5. The summed E-state index contributed by atoms with van der Waals surface area (Å²) in [5.41, 5.74) is 2.10. The van der Waals surface area contributed by atoms with Gasteiger partial charge in [-0.25, -0.2) is 8.42 Å². The Balaban J connectivity index is 1.60. The Hall–Kier alpha value is -1.96. The second-order valence-electron chi connectivity index (χ2n) is 7.57. The van der Waals surface area contributed by atoms with Crippen molar-refractivity contribution in [2.75, 3.05) is 6.54 Å². The van der Waals surface area contributed by atoms with Gasteiger partial charge in [0.1, 0.15) is 0 Å². The van der Waals surface area contributed by atoms with Crippen LogP contribution in [0, 0.1) is 0 Å². The largest absolute Gasteiger partial charge is 0.342 e. The average Bonchev–Trinajstić information content (AvgIpc) is 3.28. The van der Waals surface area contributed by atoms with Crippen molar-refractivity contribution in [2.24, 2.45) is 0 Å². The van der Waals surface area contributed by atoms with Gasteiger partial charge in [-0.2, -0.15) is 9.29 Å². The molecule has 1 aromatic heterocycles. The van der Waals surface area contributed by atoms with Crippen LogP contribution < -0.4 is 0 Å². The zero-order chi connectivity index (χ0) is 20.3. The van der Waals surface area contributed by atoms with Crippen LogP contribution in [0.4, 0.5) is 0 Å². The number of benzene rings is 1. The Morgan fingerprint density at radius 2 is 1.83 bits per heavy atom. The summed E-state index contributed by atoms with van der Waals surface area (Å²) in [6.07, 6.45) is 12.0. The number of allylic oxidation sites excluding steroid dienone is 3. The molecule has 154 valence electrons. The monoisotopic (exact) mass is 433 g/mol. The Labute approximate surface area is 176 Å². The highest BCUT2D eigenvalue weighted by Gasteiger charge is 2.33. The maximum atomic E-state index is 13.5. The second kappa shape index (κ2) is 8.81. The van der Waals surface area contributed by atoms with Crippen LogP contribution in [0.15, 0.2) is 57.8 Å². The molecule has 1 fully saturated rings. The lowest BCUT2D eigenvalue weighted by molar-refractivity contribution is 0.264. The lowest BCUT2D eigenvalue weighted by atomic mass is 9.94. The maximum Gasteiger partial charge on any atom is 0.243 e. The van der Waals surface area contributed by atoms with Gasteiger partial charge in [-0.3, -0.25) is 0 Å². The molecule has 2 aliphatic rings. The first kappa shape index (κ1) is 20.3. The molecule has 29 heavy (non-hydrogen) atoms. The normalized spacial score (nSPS) is 18.6. The van der Waals surface area contributed by atoms with Crippen molar-refractivity contribution >= 4 is 27.2 Å². The summed E-state index contributed by atoms with van der Waals surface area (Å²) in [7, 11) is -3.60. The standard InChI is InChI=1S/C21H24ClN3O3S/c22-18-10-12-20(13-11-18)29(26,27)25(19-4-2-1-3-5-19)14-16-6-8-17(9-7-16)21-23-15-28-24-21/h6,8,10-13,15,19H,1-5,7,9,14H2. The lowest BCUT2D eigenvalue weighted by Crippen LogP contribution is -2.42. The third kappa shape index (κ3) is 4.63. The quantitative estimate of drug-likeness (QED) is 0.650. The summed E-state index contributed by atoms with van der Waals surface area (Å²) in [5.74, 6) is 0.596. The topological polar surface area (TPSA) is 76.3 Å². The molecule has 0 bridgehead atoms. The predicted molar refractivity (Wildman–Crippen MR) is 112 cm³/mol. The fourth-order valence-corrected chi connectivity index (χ4v) is 5.85. The van der Waals surface area contributed by atoms with Crippen molar-refractivity contribution in [3.63, 3.8) is 0 Å². The van der Waals surface area contributed by atoms with E-state index in [0.29, 0.717) is 22.3 Å². The van der Waals surface area contributed by atoms with E-state index in [4.69, 9.17) is 16.1 Å². The van der Waals surface area contributed by atoms with E-state index in [-0.39, 0.29) is 6.04 Å². The first-order valence-electron chi connectivity index (χ1n) is 9.97. The molecule has 1 saturated carbocycles. The average molecular weight is 434 g/mol. The van der Waals surface area contributed by atoms with Crippen molar-refractivity contribution in [2.45, 2.75) is 55.9 Å². The van der Waals surface area contributed by atoms with Gasteiger partial charge < -0.3 is 4.52 Å². The zero-order valence-electron chi connectivity index (χ0n) is 16.1. The zero-order valence-corrected chi connectivity index (χ0v) is 17.7. The number of hydrogen-bond acceptors (Lipinski definition) is 5. The summed E-state index contributed by atoms with van der Waals surface area (Å²) in [6.45, 7) is 0.408. The van der Waals surface area contributed by atoms with Gasteiger partial charge in [-0.15, -0.1) is 0 Å². The molecule has 1 aromatic carbocycles. The molecule has 0 amide bonds. The van der Waals surface area contributed by atoms with Crippen molar-refractivity contribution in [1.29, 1.82) is 0 Å². The molecule has 0 unspecified atom stereocenters. The van der Waals surface area contributed by atoms with Gasteiger partial charge in [0, 0.05) is 23.2 Å². The number of halogens is 1. The first-order chi connectivity index (χ1) is 14.0. The van der Waals surface area contributed by atoms with E-state index in [1.165, 1.54) is 12.8 Å². The minimum atomic E-state index is -3.60. The van der Waals surface area contributed by atoms with Crippen LogP contribution in [-0.2, 0) is 10.0 Å². The van der Waals surface area contributed by atoms with Crippen molar-refractivity contribution in [1.82, 2.24) is 14.4 Å². The third-order valence-corrected chi connectivity index (χ3v) is 7.81. The number of sulfonamides is 1. The van der Waals surface area contributed by atoms with Crippen LogP contribution in [0.25, 0.3) is 5.57 Å². The lowest BCUT2D eigenvalue weighted by Gasteiger charge is -2.34. The van der Waals surface area contributed by atoms with Crippen LogP contribution >= 0.6 is 11.6 Å². The molecular formula is C21H24ClN3O3S. The van der Waals surface area contributed by atoms with E-state index in [9.17, 15) is 8.42 Å². The fourth-order valence-electron chi connectivity index (χ4n) is 4.03. The van der Waals surface area contributed by atoms with E-state index in [1.54, 1.807) is 28.6 Å². The van der Waals surface area contributed by atoms with Gasteiger partial charge in [0.2, 0.25) is 16.4 Å². The van der Waals surface area contributed by atoms with Crippen LogP contribution in [0.2, 0.25) is 5.02 Å². The Kier molecular flexibility index (Phi) is 6.18. The smallest absolute Gasteiger partial charge is 0.243 e. The minimum Gasteiger partial charge on any atom is -0.342 e. The van der Waals surface area contributed by atoms with Crippen molar-refractivity contribution in [3.05, 3.63) is 59.2 Å². The predicted octanol–water partition coefficient (Wildman–Crippen LogP) is 4.85. The van der Waals surface area contributed by atoms with Crippen molar-refractivity contribution in [3.8, 4) is 0 Å². The summed E-state index contributed by atoms with van der Waals surface area (Å²) in [4.78, 5) is 4.39. The number of nitrogens with zero attached hydrogens (tertiary/aromatic N) is 3. The summed E-state index contributed by atoms with van der Waals surface area (Å²) in [5, 5.41) is 4.41. The Morgan fingerprint density at radius 1 is 1.07 bits per heavy atom. The molecule has 0 saturated heterocycles.